The van der Waals surface area contributed by atoms with E-state index in [-0.39, 0.29) is 11.9 Å². The first-order valence-electron chi connectivity index (χ1n) is 7.24. The Morgan fingerprint density at radius 1 is 1.29 bits per heavy atom. The molecule has 0 aliphatic rings. The molecule has 1 N–H and O–H groups in total. The van der Waals surface area contributed by atoms with Gasteiger partial charge in [0.05, 0.1) is 5.69 Å². The second kappa shape index (κ2) is 7.10. The minimum absolute atomic E-state index is 0.0460. The molecule has 0 unspecified atom stereocenters. The molecule has 0 spiro atoms. The number of nitrogens with zero attached hydrogens (tertiary/aromatic N) is 4. The van der Waals surface area contributed by atoms with Crippen LogP contribution in [0.4, 0.5) is 6.01 Å². The molecule has 2 aromatic heterocycles. The molecular formula is C15H15N5O2S2. The highest BCUT2D eigenvalue weighted by Gasteiger charge is 2.17. The van der Waals surface area contributed by atoms with Gasteiger partial charge in [-0.2, -0.15) is 0 Å². The Labute approximate surface area is 147 Å². The zero-order chi connectivity index (χ0) is 17.1. The van der Waals surface area contributed by atoms with Crippen LogP contribution in [-0.2, 0) is 0 Å². The van der Waals surface area contributed by atoms with Crippen molar-refractivity contribution >= 4 is 35.2 Å². The fraction of sp³-hybridized carbons (Fsp3) is 0.267. The summed E-state index contributed by atoms with van der Waals surface area (Å²) >= 11 is 2.77. The second-order valence-electron chi connectivity index (χ2n) is 5.25. The van der Waals surface area contributed by atoms with Crippen molar-refractivity contribution in [3.63, 3.8) is 0 Å². The van der Waals surface area contributed by atoms with Crippen molar-refractivity contribution in [2.45, 2.75) is 30.9 Å². The third kappa shape index (κ3) is 3.80. The van der Waals surface area contributed by atoms with Gasteiger partial charge in [-0.15, -0.1) is 22.0 Å². The first-order chi connectivity index (χ1) is 11.5. The molecule has 0 atom stereocenters. The Kier molecular flexibility index (Phi) is 4.91. The highest BCUT2D eigenvalue weighted by Crippen LogP contribution is 2.28. The lowest BCUT2D eigenvalue weighted by Gasteiger charge is -2.05. The lowest BCUT2D eigenvalue weighted by Crippen LogP contribution is -2.11. The molecule has 124 valence electrons. The van der Waals surface area contributed by atoms with Crippen molar-refractivity contribution < 1.29 is 9.21 Å². The van der Waals surface area contributed by atoms with Crippen molar-refractivity contribution in [2.24, 2.45) is 0 Å². The largest absolute Gasteiger partial charge is 0.403 e. The van der Waals surface area contributed by atoms with Crippen LogP contribution >= 0.6 is 23.3 Å². The minimum atomic E-state index is -0.359. The number of benzene rings is 1. The molecule has 3 aromatic rings. The molecule has 2 heterocycles. The molecule has 1 aromatic carbocycles. The molecular weight excluding hydrogens is 346 g/mol. The molecule has 0 fully saturated rings. The van der Waals surface area contributed by atoms with Gasteiger partial charge < -0.3 is 4.42 Å². The number of hydrogen-bond acceptors (Lipinski definition) is 8. The van der Waals surface area contributed by atoms with Gasteiger partial charge in [0.1, 0.15) is 4.88 Å². The van der Waals surface area contributed by atoms with Crippen molar-refractivity contribution in [1.29, 1.82) is 0 Å². The molecule has 0 saturated heterocycles. The monoisotopic (exact) mass is 361 g/mol. The van der Waals surface area contributed by atoms with Gasteiger partial charge >= 0.3 is 6.01 Å². The van der Waals surface area contributed by atoms with Gasteiger partial charge in [0.25, 0.3) is 5.91 Å². The number of aryl methyl sites for hydroxylation is 1. The van der Waals surface area contributed by atoms with E-state index in [1.807, 2.05) is 24.3 Å². The van der Waals surface area contributed by atoms with Crippen LogP contribution in [0, 0.1) is 6.92 Å². The Balaban J connectivity index is 1.76. The molecule has 3 rings (SSSR count). The molecule has 0 saturated carbocycles. The van der Waals surface area contributed by atoms with E-state index in [2.05, 4.69) is 38.9 Å². The lowest BCUT2D eigenvalue weighted by molar-refractivity contribution is 0.102. The molecule has 0 bridgehead atoms. The first-order valence-corrected chi connectivity index (χ1v) is 8.89. The Morgan fingerprint density at radius 2 is 2.12 bits per heavy atom. The Morgan fingerprint density at radius 3 is 2.83 bits per heavy atom. The number of amides is 1. The number of carbonyl (C=O) groups excluding carboxylic acids is 1. The summed E-state index contributed by atoms with van der Waals surface area (Å²) in [4.78, 5) is 13.6. The quantitative estimate of drug-likeness (QED) is 0.693. The highest BCUT2D eigenvalue weighted by atomic mass is 32.2. The first kappa shape index (κ1) is 16.6. The fourth-order valence-corrected chi connectivity index (χ4v) is 3.41. The second-order valence-corrected chi connectivity index (χ2v) is 7.65. The summed E-state index contributed by atoms with van der Waals surface area (Å²) < 4.78 is 9.27. The Hall–Kier alpha value is -2.26. The van der Waals surface area contributed by atoms with Gasteiger partial charge in [0, 0.05) is 15.7 Å². The van der Waals surface area contributed by atoms with Crippen LogP contribution < -0.4 is 5.32 Å². The van der Waals surface area contributed by atoms with Gasteiger partial charge in [-0.05, 0) is 36.7 Å². The van der Waals surface area contributed by atoms with E-state index in [9.17, 15) is 4.79 Å². The summed E-state index contributed by atoms with van der Waals surface area (Å²) in [7, 11) is 0. The summed E-state index contributed by atoms with van der Waals surface area (Å²) in [5, 5.41) is 14.7. The van der Waals surface area contributed by atoms with E-state index in [0.29, 0.717) is 21.7 Å². The highest BCUT2D eigenvalue weighted by molar-refractivity contribution is 7.99. The average Bonchev–Trinajstić information content (AvgIpc) is 3.16. The van der Waals surface area contributed by atoms with E-state index in [1.54, 1.807) is 18.7 Å². The van der Waals surface area contributed by atoms with E-state index >= 15 is 0 Å². The van der Waals surface area contributed by atoms with Gasteiger partial charge in [0.15, 0.2) is 0 Å². The van der Waals surface area contributed by atoms with Crippen LogP contribution in [0.2, 0.25) is 0 Å². The molecule has 7 nitrogen and oxygen atoms in total. The molecule has 0 radical (unpaired) electrons. The maximum atomic E-state index is 12.1. The third-order valence-corrected chi connectivity index (χ3v) is 4.78. The van der Waals surface area contributed by atoms with Crippen molar-refractivity contribution in [1.82, 2.24) is 19.8 Å². The predicted molar refractivity (Wildman–Crippen MR) is 93.3 cm³/mol. The molecule has 1 amide bonds. The van der Waals surface area contributed by atoms with Gasteiger partial charge in [-0.25, -0.2) is 0 Å². The number of anilines is 1. The van der Waals surface area contributed by atoms with Crippen LogP contribution in [0.3, 0.4) is 0 Å². The molecule has 0 aliphatic carbocycles. The van der Waals surface area contributed by atoms with E-state index in [0.717, 1.165) is 22.0 Å². The van der Waals surface area contributed by atoms with E-state index in [1.165, 1.54) is 0 Å². The van der Waals surface area contributed by atoms with Crippen LogP contribution in [-0.4, -0.2) is 30.9 Å². The standard InChI is InChI=1S/C15H15N5O2S2/c1-8(2)23-11-6-4-5-10(7-11)14-18-19-15(22-14)16-13(21)12-9(3)17-20-24-12/h4-8H,1-3H3,(H,16,19,21). The number of rotatable bonds is 5. The number of nitrogens with one attached hydrogen (secondary N) is 1. The van der Waals surface area contributed by atoms with Gasteiger partial charge in [-0.1, -0.05) is 29.5 Å². The van der Waals surface area contributed by atoms with Gasteiger partial charge in [-0.3, -0.25) is 10.1 Å². The fourth-order valence-electron chi connectivity index (χ4n) is 1.96. The topological polar surface area (TPSA) is 93.8 Å². The molecule has 9 heteroatoms. The number of thioether (sulfide) groups is 1. The van der Waals surface area contributed by atoms with E-state index in [4.69, 9.17) is 4.42 Å². The maximum Gasteiger partial charge on any atom is 0.322 e. The molecule has 0 aliphatic heterocycles. The lowest BCUT2D eigenvalue weighted by atomic mass is 10.2. The smallest absolute Gasteiger partial charge is 0.322 e. The number of carbonyl (C=O) groups is 1. The summed E-state index contributed by atoms with van der Waals surface area (Å²) in [6.45, 7) is 5.98. The zero-order valence-electron chi connectivity index (χ0n) is 13.3. The number of hydrogen-bond donors (Lipinski definition) is 1. The van der Waals surface area contributed by atoms with Crippen molar-refractivity contribution in [3.05, 3.63) is 34.8 Å². The predicted octanol–water partition coefficient (Wildman–Crippen LogP) is 3.65. The third-order valence-electron chi connectivity index (χ3n) is 2.96. The van der Waals surface area contributed by atoms with Crippen LogP contribution in [0.1, 0.15) is 29.2 Å². The van der Waals surface area contributed by atoms with Gasteiger partial charge in [0.2, 0.25) is 5.89 Å². The SMILES string of the molecule is Cc1nnsc1C(=O)Nc1nnc(-c2cccc(SC(C)C)c2)o1. The van der Waals surface area contributed by atoms with Crippen LogP contribution in [0.15, 0.2) is 33.6 Å². The zero-order valence-corrected chi connectivity index (χ0v) is 14.9. The minimum Gasteiger partial charge on any atom is -0.403 e. The number of aromatic nitrogens is 4. The summed E-state index contributed by atoms with van der Waals surface area (Å²) in [5.74, 6) is -0.00234. The summed E-state index contributed by atoms with van der Waals surface area (Å²) in [6, 6.07) is 7.90. The van der Waals surface area contributed by atoms with Crippen LogP contribution in [0.5, 0.6) is 0 Å². The van der Waals surface area contributed by atoms with E-state index < -0.39 is 0 Å². The molecule has 24 heavy (non-hydrogen) atoms. The summed E-state index contributed by atoms with van der Waals surface area (Å²) in [6.07, 6.45) is 0. The Bertz CT molecular complexity index is 859. The average molecular weight is 361 g/mol. The van der Waals surface area contributed by atoms with Crippen molar-refractivity contribution in [2.75, 3.05) is 5.32 Å². The summed E-state index contributed by atoms with van der Waals surface area (Å²) in [5.41, 5.74) is 1.37. The van der Waals surface area contributed by atoms with Crippen molar-refractivity contribution in [3.8, 4) is 11.5 Å². The normalized spacial score (nSPS) is 11.0. The maximum absolute atomic E-state index is 12.1. The van der Waals surface area contributed by atoms with Crippen LogP contribution in [0.25, 0.3) is 11.5 Å².